The van der Waals surface area contributed by atoms with Gasteiger partial charge in [0, 0.05) is 18.9 Å². The monoisotopic (exact) mass is 433 g/mol. The van der Waals surface area contributed by atoms with E-state index in [4.69, 9.17) is 16.4 Å². The van der Waals surface area contributed by atoms with Crippen LogP contribution in [0.15, 0.2) is 47.4 Å². The van der Waals surface area contributed by atoms with Crippen molar-refractivity contribution in [3.05, 3.63) is 80.3 Å². The number of hydrogen-bond acceptors (Lipinski definition) is 4. The van der Waals surface area contributed by atoms with Crippen LogP contribution >= 0.6 is 11.6 Å². The van der Waals surface area contributed by atoms with Crippen molar-refractivity contribution in [2.75, 3.05) is 13.2 Å². The van der Waals surface area contributed by atoms with Gasteiger partial charge in [-0.3, -0.25) is 4.79 Å². The molecule has 2 aromatic carbocycles. The number of fused-ring (bicyclic) bond motifs is 1. The summed E-state index contributed by atoms with van der Waals surface area (Å²) in [7, 11) is 0. The van der Waals surface area contributed by atoms with Crippen molar-refractivity contribution in [1.29, 1.82) is 0 Å². The minimum absolute atomic E-state index is 0.00608. The van der Waals surface area contributed by atoms with Gasteiger partial charge in [-0.1, -0.05) is 36.7 Å². The Bertz CT molecular complexity index is 1140. The summed E-state index contributed by atoms with van der Waals surface area (Å²) in [6.45, 7) is 1.98. The number of carboxylic acid groups (broad SMARTS) is 1. The van der Waals surface area contributed by atoms with Crippen LogP contribution < -0.4 is 10.3 Å². The van der Waals surface area contributed by atoms with Crippen molar-refractivity contribution < 1.29 is 24.2 Å². The molecule has 1 heterocycles. The predicted octanol–water partition coefficient (Wildman–Crippen LogP) is 3.53. The van der Waals surface area contributed by atoms with Gasteiger partial charge in [0.25, 0.3) is 0 Å². The fraction of sp³-hybridized carbons (Fsp3) is 0.273. The number of pyridine rings is 1. The Balaban J connectivity index is 2.06. The molecule has 3 aromatic rings. The molecular formula is C22H21ClFNO5. The Morgan fingerprint density at radius 3 is 2.73 bits per heavy atom. The minimum atomic E-state index is -1.38. The summed E-state index contributed by atoms with van der Waals surface area (Å²) < 4.78 is 15.5. The average Bonchev–Trinajstić information content (AvgIpc) is 2.73. The van der Waals surface area contributed by atoms with Gasteiger partial charge in [0.1, 0.15) is 18.0 Å². The van der Waals surface area contributed by atoms with Crippen LogP contribution in [0.4, 0.5) is 4.39 Å². The van der Waals surface area contributed by atoms with Crippen LogP contribution in [0, 0.1) is 11.7 Å². The summed E-state index contributed by atoms with van der Waals surface area (Å²) in [5.41, 5.74) is 0.275. The van der Waals surface area contributed by atoms with E-state index >= 15 is 0 Å². The standard InChI is InChI=1S/C22H21ClFNO5/c1-2-13(11-26)12-30-25-10-17(22(28)29)21(27)16-9-14(6-7-19(16)25)8-15-4-3-5-18(23)20(15)24/h3-7,9-10,13,26H,2,8,11-12H2,1H3,(H,28,29)/t13-/m0/s1. The number of rotatable bonds is 8. The van der Waals surface area contributed by atoms with Gasteiger partial charge in [-0.05, 0) is 35.7 Å². The Hall–Kier alpha value is -2.90. The smallest absolute Gasteiger partial charge is 0.341 e. The largest absolute Gasteiger partial charge is 0.477 e. The molecule has 0 radical (unpaired) electrons. The average molecular weight is 434 g/mol. The lowest BCUT2D eigenvalue weighted by atomic mass is 10.0. The number of carboxylic acids is 1. The van der Waals surface area contributed by atoms with Gasteiger partial charge in [-0.15, -0.1) is 0 Å². The maximum absolute atomic E-state index is 14.2. The second kappa shape index (κ2) is 9.28. The molecule has 0 bridgehead atoms. The van der Waals surface area contributed by atoms with E-state index in [2.05, 4.69) is 0 Å². The van der Waals surface area contributed by atoms with Crippen LogP contribution in [0.25, 0.3) is 10.9 Å². The number of aromatic carboxylic acids is 1. The third kappa shape index (κ3) is 4.47. The first-order valence-electron chi connectivity index (χ1n) is 9.44. The molecule has 1 atom stereocenters. The van der Waals surface area contributed by atoms with Gasteiger partial charge < -0.3 is 15.1 Å². The van der Waals surface area contributed by atoms with Crippen molar-refractivity contribution >= 4 is 28.5 Å². The molecule has 0 unspecified atom stereocenters. The van der Waals surface area contributed by atoms with Gasteiger partial charge in [-0.2, -0.15) is 4.73 Å². The van der Waals surface area contributed by atoms with E-state index < -0.39 is 22.8 Å². The zero-order chi connectivity index (χ0) is 21.8. The van der Waals surface area contributed by atoms with E-state index in [0.29, 0.717) is 23.1 Å². The number of nitrogens with zero attached hydrogens (tertiary/aromatic N) is 1. The van der Waals surface area contributed by atoms with Crippen molar-refractivity contribution in [2.24, 2.45) is 5.92 Å². The van der Waals surface area contributed by atoms with Crippen molar-refractivity contribution in [2.45, 2.75) is 19.8 Å². The Morgan fingerprint density at radius 1 is 1.30 bits per heavy atom. The highest BCUT2D eigenvalue weighted by molar-refractivity contribution is 6.30. The highest BCUT2D eigenvalue weighted by atomic mass is 35.5. The molecule has 0 fully saturated rings. The summed E-state index contributed by atoms with van der Waals surface area (Å²) >= 11 is 5.83. The quantitative estimate of drug-likeness (QED) is 0.567. The second-order valence-electron chi connectivity index (χ2n) is 7.00. The first kappa shape index (κ1) is 21.8. The van der Waals surface area contributed by atoms with E-state index in [9.17, 15) is 24.2 Å². The van der Waals surface area contributed by atoms with Crippen molar-refractivity contribution in [3.8, 4) is 0 Å². The Kier molecular flexibility index (Phi) is 6.74. The maximum atomic E-state index is 14.2. The number of aromatic nitrogens is 1. The molecule has 0 spiro atoms. The van der Waals surface area contributed by atoms with Crippen LogP contribution in [-0.4, -0.2) is 34.1 Å². The molecule has 3 rings (SSSR count). The third-order valence-corrected chi connectivity index (χ3v) is 5.27. The number of halogens is 2. The molecule has 0 saturated heterocycles. The second-order valence-corrected chi connectivity index (χ2v) is 7.40. The number of carbonyl (C=O) groups is 1. The Morgan fingerprint density at radius 2 is 2.07 bits per heavy atom. The zero-order valence-electron chi connectivity index (χ0n) is 16.3. The highest BCUT2D eigenvalue weighted by Crippen LogP contribution is 2.22. The zero-order valence-corrected chi connectivity index (χ0v) is 17.0. The molecule has 0 amide bonds. The molecule has 0 aliphatic heterocycles. The topological polar surface area (TPSA) is 88.8 Å². The van der Waals surface area contributed by atoms with Gasteiger partial charge >= 0.3 is 5.97 Å². The summed E-state index contributed by atoms with van der Waals surface area (Å²) in [4.78, 5) is 29.9. The van der Waals surface area contributed by atoms with Crippen LogP contribution in [0.3, 0.4) is 0 Å². The lowest BCUT2D eigenvalue weighted by Gasteiger charge is -2.17. The lowest BCUT2D eigenvalue weighted by Crippen LogP contribution is -2.26. The van der Waals surface area contributed by atoms with Crippen LogP contribution in [0.2, 0.25) is 5.02 Å². The highest BCUT2D eigenvalue weighted by Gasteiger charge is 2.17. The van der Waals surface area contributed by atoms with Gasteiger partial charge in [0.2, 0.25) is 5.43 Å². The van der Waals surface area contributed by atoms with E-state index in [0.717, 1.165) is 6.20 Å². The number of aliphatic hydroxyl groups excluding tert-OH is 1. The molecule has 1 aromatic heterocycles. The summed E-state index contributed by atoms with van der Waals surface area (Å²) in [6.07, 6.45) is 1.99. The molecule has 6 nitrogen and oxygen atoms in total. The fourth-order valence-corrected chi connectivity index (χ4v) is 3.30. The lowest BCUT2D eigenvalue weighted by molar-refractivity contribution is 0.0596. The fourth-order valence-electron chi connectivity index (χ4n) is 3.11. The summed E-state index contributed by atoms with van der Waals surface area (Å²) in [6, 6.07) is 9.56. The summed E-state index contributed by atoms with van der Waals surface area (Å²) in [5.74, 6) is -2.04. The molecule has 0 aliphatic carbocycles. The van der Waals surface area contributed by atoms with E-state index in [-0.39, 0.29) is 36.0 Å². The van der Waals surface area contributed by atoms with E-state index in [1.54, 1.807) is 24.3 Å². The van der Waals surface area contributed by atoms with Gasteiger partial charge in [0.15, 0.2) is 0 Å². The summed E-state index contributed by atoms with van der Waals surface area (Å²) in [5, 5.41) is 18.9. The van der Waals surface area contributed by atoms with Crippen LogP contribution in [0.5, 0.6) is 0 Å². The minimum Gasteiger partial charge on any atom is -0.477 e. The molecule has 30 heavy (non-hydrogen) atoms. The first-order valence-corrected chi connectivity index (χ1v) is 9.82. The number of aliphatic hydroxyl groups is 1. The normalized spacial score (nSPS) is 12.1. The molecule has 2 N–H and O–H groups in total. The number of benzene rings is 2. The predicted molar refractivity (Wildman–Crippen MR) is 112 cm³/mol. The third-order valence-electron chi connectivity index (χ3n) is 4.98. The van der Waals surface area contributed by atoms with Crippen molar-refractivity contribution in [1.82, 2.24) is 4.73 Å². The van der Waals surface area contributed by atoms with Crippen molar-refractivity contribution in [3.63, 3.8) is 0 Å². The van der Waals surface area contributed by atoms with Crippen LogP contribution in [0.1, 0.15) is 34.8 Å². The van der Waals surface area contributed by atoms with Gasteiger partial charge in [-0.25, -0.2) is 9.18 Å². The van der Waals surface area contributed by atoms with E-state index in [1.165, 1.54) is 16.9 Å². The molecule has 8 heteroatoms. The first-order chi connectivity index (χ1) is 14.3. The Labute approximate surface area is 177 Å². The maximum Gasteiger partial charge on any atom is 0.341 e. The molecule has 158 valence electrons. The SMILES string of the molecule is CC[C@@H](CO)COn1cc(C(=O)O)c(=O)c2cc(Cc3cccc(Cl)c3F)ccc21. The number of hydrogen-bond donors (Lipinski definition) is 2. The van der Waals surface area contributed by atoms with Gasteiger partial charge in [0.05, 0.1) is 22.1 Å². The molecule has 0 aliphatic rings. The van der Waals surface area contributed by atoms with E-state index in [1.807, 2.05) is 6.92 Å². The molecule has 0 saturated carbocycles. The van der Waals surface area contributed by atoms with Crippen LogP contribution in [-0.2, 0) is 6.42 Å². The molecular weight excluding hydrogens is 413 g/mol.